The van der Waals surface area contributed by atoms with E-state index in [1.54, 1.807) is 6.92 Å². The molecule has 0 bridgehead atoms. The summed E-state index contributed by atoms with van der Waals surface area (Å²) in [5.41, 5.74) is 0. The van der Waals surface area contributed by atoms with E-state index in [1.807, 2.05) is 11.8 Å². The van der Waals surface area contributed by atoms with Gasteiger partial charge in [0.2, 0.25) is 5.91 Å². The summed E-state index contributed by atoms with van der Waals surface area (Å²) in [6.45, 7) is 10.7. The minimum absolute atomic E-state index is 0.0325. The molecule has 2 unspecified atom stereocenters. The van der Waals surface area contributed by atoms with Crippen LogP contribution in [0.4, 0.5) is 0 Å². The van der Waals surface area contributed by atoms with Crippen LogP contribution in [0, 0.1) is 5.92 Å². The number of nitrogens with one attached hydrogen (secondary N) is 2. The molecule has 2 N–H and O–H groups in total. The zero-order valence-corrected chi connectivity index (χ0v) is 12.9. The van der Waals surface area contributed by atoms with Crippen molar-refractivity contribution in [3.8, 4) is 0 Å². The molecule has 0 saturated carbocycles. The van der Waals surface area contributed by atoms with Gasteiger partial charge in [-0.1, -0.05) is 13.8 Å². The van der Waals surface area contributed by atoms with E-state index in [-0.39, 0.29) is 24.0 Å². The van der Waals surface area contributed by atoms with E-state index in [1.165, 1.54) is 0 Å². The van der Waals surface area contributed by atoms with Gasteiger partial charge in [0.25, 0.3) is 0 Å². The number of nitrogens with zero attached hydrogens (tertiary/aromatic N) is 1. The van der Waals surface area contributed by atoms with Gasteiger partial charge >= 0.3 is 5.97 Å². The van der Waals surface area contributed by atoms with Crippen molar-refractivity contribution in [1.29, 1.82) is 0 Å². The summed E-state index contributed by atoms with van der Waals surface area (Å²) in [5.74, 6) is 0.119. The topological polar surface area (TPSA) is 70.7 Å². The number of carbonyl (C=O) groups excluding carboxylic acids is 2. The molecule has 0 spiro atoms. The molecule has 1 aliphatic rings. The first-order valence-electron chi connectivity index (χ1n) is 7.38. The maximum atomic E-state index is 12.1. The average molecular weight is 285 g/mol. The quantitative estimate of drug-likeness (QED) is 0.671. The van der Waals surface area contributed by atoms with Crippen molar-refractivity contribution >= 4 is 11.9 Å². The molecule has 1 heterocycles. The van der Waals surface area contributed by atoms with Crippen molar-refractivity contribution in [2.75, 3.05) is 32.8 Å². The molecule has 1 saturated heterocycles. The number of piperazine rings is 1. The molecule has 0 aromatic rings. The Bertz CT molecular complexity index is 334. The Morgan fingerprint density at radius 1 is 1.40 bits per heavy atom. The molecule has 0 radical (unpaired) electrons. The van der Waals surface area contributed by atoms with Crippen molar-refractivity contribution in [2.24, 2.45) is 5.92 Å². The molecule has 20 heavy (non-hydrogen) atoms. The molecule has 0 aromatic carbocycles. The Labute approximate surface area is 121 Å². The maximum Gasteiger partial charge on any atom is 0.324 e. The Hall–Kier alpha value is -1.14. The normalized spacial score (nSPS) is 21.6. The fourth-order valence-corrected chi connectivity index (χ4v) is 2.24. The van der Waals surface area contributed by atoms with Crippen LogP contribution in [-0.2, 0) is 14.3 Å². The molecule has 6 nitrogen and oxygen atoms in total. The Morgan fingerprint density at radius 2 is 2.10 bits per heavy atom. The van der Waals surface area contributed by atoms with Crippen LogP contribution in [0.15, 0.2) is 0 Å². The van der Waals surface area contributed by atoms with Gasteiger partial charge in [0.1, 0.15) is 6.04 Å². The second kappa shape index (κ2) is 8.21. The number of amides is 1. The Balaban J connectivity index is 2.64. The SMILES string of the molecule is CCOC(=O)C1CNCCN1C(C)C(=O)NCC(C)C. The molecule has 1 rings (SSSR count). The lowest BCUT2D eigenvalue weighted by Crippen LogP contribution is -2.61. The molecule has 6 heteroatoms. The number of rotatable bonds is 6. The zero-order valence-electron chi connectivity index (χ0n) is 12.9. The summed E-state index contributed by atoms with van der Waals surface area (Å²) in [7, 11) is 0. The second-order valence-electron chi connectivity index (χ2n) is 5.52. The lowest BCUT2D eigenvalue weighted by atomic mass is 10.1. The van der Waals surface area contributed by atoms with Crippen LogP contribution in [-0.4, -0.2) is 61.6 Å². The van der Waals surface area contributed by atoms with E-state index in [9.17, 15) is 9.59 Å². The maximum absolute atomic E-state index is 12.1. The van der Waals surface area contributed by atoms with Gasteiger partial charge in [-0.2, -0.15) is 0 Å². The highest BCUT2D eigenvalue weighted by Crippen LogP contribution is 2.11. The number of carbonyl (C=O) groups is 2. The third-order valence-corrected chi connectivity index (χ3v) is 3.40. The first-order chi connectivity index (χ1) is 9.47. The van der Waals surface area contributed by atoms with Gasteiger partial charge in [0.15, 0.2) is 0 Å². The molecule has 0 aliphatic carbocycles. The third-order valence-electron chi connectivity index (χ3n) is 3.40. The molecule has 1 amide bonds. The molecule has 2 atom stereocenters. The summed E-state index contributed by atoms with van der Waals surface area (Å²) in [6.07, 6.45) is 0. The summed E-state index contributed by atoms with van der Waals surface area (Å²) in [4.78, 5) is 26.0. The van der Waals surface area contributed by atoms with Crippen molar-refractivity contribution in [3.63, 3.8) is 0 Å². The van der Waals surface area contributed by atoms with Crippen molar-refractivity contribution in [1.82, 2.24) is 15.5 Å². The standard InChI is InChI=1S/C14H27N3O3/c1-5-20-14(19)12-9-15-6-7-17(12)11(4)13(18)16-8-10(2)3/h10-12,15H,5-9H2,1-4H3,(H,16,18). The third kappa shape index (κ3) is 4.76. The molecular formula is C14H27N3O3. The highest BCUT2D eigenvalue weighted by molar-refractivity contribution is 5.83. The monoisotopic (exact) mass is 285 g/mol. The Kier molecular flexibility index (Phi) is 6.95. The van der Waals surface area contributed by atoms with Crippen LogP contribution in [0.5, 0.6) is 0 Å². The van der Waals surface area contributed by atoms with Crippen molar-refractivity contribution in [3.05, 3.63) is 0 Å². The van der Waals surface area contributed by atoms with Gasteiger partial charge in [0.05, 0.1) is 12.6 Å². The predicted octanol–water partition coefficient (Wildman–Crippen LogP) is -0.0160. The van der Waals surface area contributed by atoms with E-state index < -0.39 is 0 Å². The van der Waals surface area contributed by atoms with Gasteiger partial charge in [-0.05, 0) is 19.8 Å². The number of esters is 1. The first-order valence-corrected chi connectivity index (χ1v) is 7.38. The van der Waals surface area contributed by atoms with E-state index >= 15 is 0 Å². The average Bonchev–Trinajstić information content (AvgIpc) is 2.44. The van der Waals surface area contributed by atoms with Crippen LogP contribution < -0.4 is 10.6 Å². The zero-order chi connectivity index (χ0) is 15.1. The van der Waals surface area contributed by atoms with Crippen LogP contribution in [0.3, 0.4) is 0 Å². The van der Waals surface area contributed by atoms with E-state index in [2.05, 4.69) is 24.5 Å². The van der Waals surface area contributed by atoms with Gasteiger partial charge in [-0.15, -0.1) is 0 Å². The Morgan fingerprint density at radius 3 is 2.70 bits per heavy atom. The predicted molar refractivity (Wildman–Crippen MR) is 77.3 cm³/mol. The lowest BCUT2D eigenvalue weighted by molar-refractivity contribution is -0.152. The molecule has 1 fully saturated rings. The summed E-state index contributed by atoms with van der Waals surface area (Å²) >= 11 is 0. The minimum Gasteiger partial charge on any atom is -0.465 e. The minimum atomic E-state index is -0.386. The second-order valence-corrected chi connectivity index (χ2v) is 5.52. The summed E-state index contributed by atoms with van der Waals surface area (Å²) in [5, 5.41) is 6.09. The molecule has 1 aliphatic heterocycles. The molecular weight excluding hydrogens is 258 g/mol. The fraction of sp³-hybridized carbons (Fsp3) is 0.857. The van der Waals surface area contributed by atoms with Gasteiger partial charge in [-0.3, -0.25) is 14.5 Å². The number of hydrogen-bond donors (Lipinski definition) is 2. The van der Waals surface area contributed by atoms with Crippen LogP contribution in [0.1, 0.15) is 27.7 Å². The largest absolute Gasteiger partial charge is 0.465 e. The highest BCUT2D eigenvalue weighted by Gasteiger charge is 2.35. The lowest BCUT2D eigenvalue weighted by Gasteiger charge is -2.37. The smallest absolute Gasteiger partial charge is 0.324 e. The molecule has 116 valence electrons. The van der Waals surface area contributed by atoms with E-state index in [0.29, 0.717) is 32.2 Å². The van der Waals surface area contributed by atoms with Crippen molar-refractivity contribution < 1.29 is 14.3 Å². The molecule has 0 aromatic heterocycles. The van der Waals surface area contributed by atoms with E-state index in [0.717, 1.165) is 6.54 Å². The first kappa shape index (κ1) is 16.9. The highest BCUT2D eigenvalue weighted by atomic mass is 16.5. The van der Waals surface area contributed by atoms with Gasteiger partial charge < -0.3 is 15.4 Å². The summed E-state index contributed by atoms with van der Waals surface area (Å²) in [6, 6.07) is -0.714. The van der Waals surface area contributed by atoms with Crippen LogP contribution >= 0.6 is 0 Å². The van der Waals surface area contributed by atoms with Crippen LogP contribution in [0.2, 0.25) is 0 Å². The fourth-order valence-electron chi connectivity index (χ4n) is 2.24. The van der Waals surface area contributed by atoms with Crippen LogP contribution in [0.25, 0.3) is 0 Å². The van der Waals surface area contributed by atoms with Gasteiger partial charge in [0, 0.05) is 26.2 Å². The summed E-state index contributed by atoms with van der Waals surface area (Å²) < 4.78 is 5.09. The number of ether oxygens (including phenoxy) is 1. The number of hydrogen-bond acceptors (Lipinski definition) is 5. The van der Waals surface area contributed by atoms with Gasteiger partial charge in [-0.25, -0.2) is 0 Å². The van der Waals surface area contributed by atoms with E-state index in [4.69, 9.17) is 4.74 Å². The van der Waals surface area contributed by atoms with Crippen molar-refractivity contribution in [2.45, 2.75) is 39.8 Å².